The minimum Gasteiger partial charge on any atom is -0.465 e. The van der Waals surface area contributed by atoms with Crippen LogP contribution in [0.15, 0.2) is 36.4 Å². The van der Waals surface area contributed by atoms with Gasteiger partial charge in [-0.2, -0.15) is 0 Å². The van der Waals surface area contributed by atoms with Crippen molar-refractivity contribution in [1.82, 2.24) is 25.1 Å². The van der Waals surface area contributed by atoms with Crippen molar-refractivity contribution in [2.75, 3.05) is 57.4 Å². The van der Waals surface area contributed by atoms with E-state index in [9.17, 15) is 24.1 Å². The number of hydrogen-bond acceptors (Lipinski definition) is 9. The standard InChI is InChI=1S/C25H35N6O7P/c1-4-26-21-16-19(27-22(29-21)18-10-8-7-9-11-18)23(32)28-20(17-39(36,37-5-2)38-6-3)24(33)30-12-14-31(15-13-30)25(34)35/h7-11,16,20H,4-6,12-15,17H2,1-3H3,(H,28,32)(H,34,35)(H,26,27,29)/t20-/m0/s1. The van der Waals surface area contributed by atoms with Crippen molar-refractivity contribution in [1.29, 1.82) is 0 Å². The molecule has 3 rings (SSSR count). The normalized spacial score (nSPS) is 14.5. The van der Waals surface area contributed by atoms with Gasteiger partial charge in [-0.1, -0.05) is 30.3 Å². The molecule has 13 nitrogen and oxygen atoms in total. The number of nitrogens with one attached hydrogen (secondary N) is 2. The summed E-state index contributed by atoms with van der Waals surface area (Å²) in [6, 6.07) is 9.35. The zero-order valence-corrected chi connectivity index (χ0v) is 23.2. The van der Waals surface area contributed by atoms with Gasteiger partial charge in [-0.15, -0.1) is 0 Å². The molecule has 39 heavy (non-hydrogen) atoms. The molecule has 0 unspecified atom stereocenters. The average molecular weight is 563 g/mol. The van der Waals surface area contributed by atoms with E-state index in [1.807, 2.05) is 37.3 Å². The van der Waals surface area contributed by atoms with Crippen molar-refractivity contribution in [3.63, 3.8) is 0 Å². The summed E-state index contributed by atoms with van der Waals surface area (Å²) >= 11 is 0. The van der Waals surface area contributed by atoms with Crippen molar-refractivity contribution in [2.45, 2.75) is 26.8 Å². The van der Waals surface area contributed by atoms with Crippen LogP contribution in [0.25, 0.3) is 11.4 Å². The molecule has 2 heterocycles. The first-order valence-corrected chi connectivity index (χ1v) is 14.6. The number of anilines is 1. The lowest BCUT2D eigenvalue weighted by molar-refractivity contribution is -0.134. The molecule has 1 aliphatic heterocycles. The molecule has 0 aliphatic carbocycles. The number of carbonyl (C=O) groups excluding carboxylic acids is 2. The maximum Gasteiger partial charge on any atom is 0.407 e. The van der Waals surface area contributed by atoms with E-state index in [1.165, 1.54) is 15.9 Å². The van der Waals surface area contributed by atoms with Gasteiger partial charge in [0.05, 0.1) is 19.4 Å². The molecule has 1 atom stereocenters. The van der Waals surface area contributed by atoms with Gasteiger partial charge in [0.2, 0.25) is 5.91 Å². The molecule has 1 saturated heterocycles. The molecule has 0 bridgehead atoms. The number of amides is 3. The molecule has 0 spiro atoms. The number of aromatic nitrogens is 2. The van der Waals surface area contributed by atoms with Crippen molar-refractivity contribution in [3.05, 3.63) is 42.1 Å². The quantitative estimate of drug-likeness (QED) is 0.328. The number of benzene rings is 1. The highest BCUT2D eigenvalue weighted by Gasteiger charge is 2.37. The van der Waals surface area contributed by atoms with Gasteiger partial charge in [0.25, 0.3) is 5.91 Å². The number of nitrogens with zero attached hydrogens (tertiary/aromatic N) is 4. The summed E-state index contributed by atoms with van der Waals surface area (Å²) in [7, 11) is -3.75. The molecule has 2 aromatic rings. The van der Waals surface area contributed by atoms with Crippen LogP contribution in [0.2, 0.25) is 0 Å². The zero-order chi connectivity index (χ0) is 28.4. The van der Waals surface area contributed by atoms with Crippen LogP contribution >= 0.6 is 7.60 Å². The van der Waals surface area contributed by atoms with Gasteiger partial charge in [-0.05, 0) is 20.8 Å². The van der Waals surface area contributed by atoms with Crippen molar-refractivity contribution >= 4 is 31.3 Å². The monoisotopic (exact) mass is 562 g/mol. The highest BCUT2D eigenvalue weighted by molar-refractivity contribution is 7.54. The Morgan fingerprint density at radius 3 is 2.18 bits per heavy atom. The fourth-order valence-electron chi connectivity index (χ4n) is 4.07. The van der Waals surface area contributed by atoms with Gasteiger partial charge < -0.3 is 34.6 Å². The second kappa shape index (κ2) is 14.0. The van der Waals surface area contributed by atoms with E-state index in [2.05, 4.69) is 20.6 Å². The van der Waals surface area contributed by atoms with E-state index < -0.39 is 37.7 Å². The van der Waals surface area contributed by atoms with Crippen LogP contribution in [0.3, 0.4) is 0 Å². The van der Waals surface area contributed by atoms with E-state index in [-0.39, 0.29) is 45.1 Å². The van der Waals surface area contributed by atoms with Gasteiger partial charge in [0.1, 0.15) is 17.6 Å². The molecule has 1 fully saturated rings. The van der Waals surface area contributed by atoms with E-state index in [0.29, 0.717) is 23.8 Å². The van der Waals surface area contributed by atoms with Crippen molar-refractivity contribution < 1.29 is 33.1 Å². The molecule has 212 valence electrons. The summed E-state index contributed by atoms with van der Waals surface area (Å²) in [5.41, 5.74) is 0.711. The Labute approximate surface area is 227 Å². The Kier molecular flexibility index (Phi) is 10.8. The van der Waals surface area contributed by atoms with Crippen LogP contribution in [0, 0.1) is 0 Å². The molecule has 1 aromatic carbocycles. The van der Waals surface area contributed by atoms with Gasteiger partial charge in [0, 0.05) is 44.4 Å². The minimum absolute atomic E-state index is 0.0101. The lowest BCUT2D eigenvalue weighted by Gasteiger charge is -2.35. The smallest absolute Gasteiger partial charge is 0.407 e. The highest BCUT2D eigenvalue weighted by Crippen LogP contribution is 2.48. The van der Waals surface area contributed by atoms with E-state index >= 15 is 0 Å². The fraction of sp³-hybridized carbons (Fsp3) is 0.480. The third kappa shape index (κ3) is 8.22. The summed E-state index contributed by atoms with van der Waals surface area (Å²) in [6.07, 6.45) is -1.46. The van der Waals surface area contributed by atoms with Crippen LogP contribution in [0.5, 0.6) is 0 Å². The van der Waals surface area contributed by atoms with Crippen LogP contribution in [0.4, 0.5) is 10.6 Å². The summed E-state index contributed by atoms with van der Waals surface area (Å²) in [4.78, 5) is 49.8. The SMILES string of the molecule is CCNc1cc(C(=O)N[C@@H](CP(=O)(OCC)OCC)C(=O)N2CCN(C(=O)O)CC2)nc(-c2ccccc2)n1. The molecule has 0 saturated carbocycles. The highest BCUT2D eigenvalue weighted by atomic mass is 31.2. The number of rotatable bonds is 12. The van der Waals surface area contributed by atoms with Crippen LogP contribution in [0.1, 0.15) is 31.3 Å². The Morgan fingerprint density at radius 1 is 1.00 bits per heavy atom. The van der Waals surface area contributed by atoms with Gasteiger partial charge in [-0.25, -0.2) is 14.8 Å². The summed E-state index contributed by atoms with van der Waals surface area (Å²) < 4.78 is 24.1. The maximum atomic E-state index is 13.6. The van der Waals surface area contributed by atoms with E-state index in [1.54, 1.807) is 13.8 Å². The summed E-state index contributed by atoms with van der Waals surface area (Å²) in [5, 5.41) is 15.0. The van der Waals surface area contributed by atoms with E-state index in [4.69, 9.17) is 9.05 Å². The zero-order valence-electron chi connectivity index (χ0n) is 22.3. The lowest BCUT2D eigenvalue weighted by atomic mass is 10.2. The minimum atomic E-state index is -3.75. The Morgan fingerprint density at radius 2 is 1.62 bits per heavy atom. The third-order valence-corrected chi connectivity index (χ3v) is 7.99. The largest absolute Gasteiger partial charge is 0.465 e. The summed E-state index contributed by atoms with van der Waals surface area (Å²) in [6.45, 7) is 6.42. The molecule has 3 N–H and O–H groups in total. The number of piperazine rings is 1. The fourth-order valence-corrected chi connectivity index (χ4v) is 5.83. The van der Waals surface area contributed by atoms with E-state index in [0.717, 1.165) is 0 Å². The molecule has 0 radical (unpaired) electrons. The van der Waals surface area contributed by atoms with Crippen LogP contribution in [-0.4, -0.2) is 101 Å². The first kappa shape index (κ1) is 30.0. The molecule has 1 aromatic heterocycles. The maximum absolute atomic E-state index is 13.6. The van der Waals surface area contributed by atoms with Gasteiger partial charge in [-0.3, -0.25) is 14.2 Å². The molecule has 1 aliphatic rings. The van der Waals surface area contributed by atoms with Crippen molar-refractivity contribution in [3.8, 4) is 11.4 Å². The predicted molar refractivity (Wildman–Crippen MR) is 145 cm³/mol. The van der Waals surface area contributed by atoms with Gasteiger partial charge >= 0.3 is 13.7 Å². The van der Waals surface area contributed by atoms with Crippen molar-refractivity contribution in [2.24, 2.45) is 0 Å². The average Bonchev–Trinajstić information content (AvgIpc) is 2.93. The Hall–Kier alpha value is -3.54. The molecular weight excluding hydrogens is 527 g/mol. The Bertz CT molecular complexity index is 1180. The Balaban J connectivity index is 1.91. The second-order valence-electron chi connectivity index (χ2n) is 8.61. The number of hydrogen-bond donors (Lipinski definition) is 3. The topological polar surface area (TPSA) is 163 Å². The van der Waals surface area contributed by atoms with Crippen LogP contribution in [-0.2, 0) is 18.4 Å². The predicted octanol–water partition coefficient (Wildman–Crippen LogP) is 2.76. The molecule has 3 amide bonds. The number of carbonyl (C=O) groups is 3. The van der Waals surface area contributed by atoms with Crippen LogP contribution < -0.4 is 10.6 Å². The summed E-state index contributed by atoms with van der Waals surface area (Å²) in [5.74, 6) is -0.437. The second-order valence-corrected chi connectivity index (χ2v) is 10.7. The molecule has 14 heteroatoms. The number of carboxylic acid groups (broad SMARTS) is 1. The first-order valence-electron chi connectivity index (χ1n) is 12.8. The lowest BCUT2D eigenvalue weighted by Crippen LogP contribution is -2.56. The molecular formula is C25H35N6O7P. The third-order valence-electron chi connectivity index (χ3n) is 5.87. The van der Waals surface area contributed by atoms with Gasteiger partial charge in [0.15, 0.2) is 5.82 Å². The first-order chi connectivity index (χ1) is 18.7.